The Morgan fingerprint density at radius 3 is 3.06 bits per heavy atom. The predicted octanol–water partition coefficient (Wildman–Crippen LogP) is 2.65. The molecule has 2 bridgehead atoms. The van der Waals surface area contributed by atoms with Crippen LogP contribution in [0.5, 0.6) is 0 Å². The molecule has 2 N–H and O–H groups in total. The van der Waals surface area contributed by atoms with Gasteiger partial charge in [-0.25, -0.2) is 0 Å². The van der Waals surface area contributed by atoms with Crippen molar-refractivity contribution in [3.05, 3.63) is 23.9 Å². The first-order valence-electron chi connectivity index (χ1n) is 6.55. The summed E-state index contributed by atoms with van der Waals surface area (Å²) in [5, 5.41) is 7.23. The highest BCUT2D eigenvalue weighted by Gasteiger charge is 2.29. The van der Waals surface area contributed by atoms with Crippen LogP contribution in [0.1, 0.15) is 33.6 Å². The first-order chi connectivity index (χ1) is 7.66. The van der Waals surface area contributed by atoms with E-state index >= 15 is 0 Å². The summed E-state index contributed by atoms with van der Waals surface area (Å²) in [4.78, 5) is 0. The molecule has 0 unspecified atom stereocenters. The maximum atomic E-state index is 3.64. The van der Waals surface area contributed by atoms with Gasteiger partial charge in [0.1, 0.15) is 0 Å². The molecule has 0 spiro atoms. The Morgan fingerprint density at radius 2 is 2.31 bits per heavy atom. The molecule has 3 atom stereocenters. The predicted molar refractivity (Wildman–Crippen MR) is 68.9 cm³/mol. The number of fused-ring (bicyclic) bond motifs is 1. The van der Waals surface area contributed by atoms with Crippen LogP contribution in [0, 0.1) is 17.8 Å². The van der Waals surface area contributed by atoms with Crippen molar-refractivity contribution in [3.8, 4) is 0 Å². The summed E-state index contributed by atoms with van der Waals surface area (Å²) >= 11 is 0. The zero-order valence-electron chi connectivity index (χ0n) is 10.7. The van der Waals surface area contributed by atoms with E-state index in [0.717, 1.165) is 12.5 Å². The lowest BCUT2D eigenvalue weighted by atomic mass is 9.85. The van der Waals surface area contributed by atoms with E-state index in [4.69, 9.17) is 0 Å². The summed E-state index contributed by atoms with van der Waals surface area (Å²) in [7, 11) is 0. The largest absolute Gasteiger partial charge is 0.370 e. The summed E-state index contributed by atoms with van der Waals surface area (Å²) in [5.41, 5.74) is 1.31. The van der Waals surface area contributed by atoms with E-state index in [-0.39, 0.29) is 0 Å². The topological polar surface area (TPSA) is 24.1 Å². The maximum absolute atomic E-state index is 3.64. The van der Waals surface area contributed by atoms with E-state index in [2.05, 4.69) is 49.6 Å². The van der Waals surface area contributed by atoms with Crippen molar-refractivity contribution in [2.75, 3.05) is 6.54 Å². The smallest absolute Gasteiger partial charge is 0.0799 e. The van der Waals surface area contributed by atoms with Crippen LogP contribution in [-0.2, 0) is 0 Å². The molecule has 0 saturated carbocycles. The highest BCUT2D eigenvalue weighted by atomic mass is 15.1. The molecule has 0 saturated heterocycles. The first-order valence-corrected chi connectivity index (χ1v) is 6.55. The van der Waals surface area contributed by atoms with Gasteiger partial charge in [-0.3, -0.25) is 5.32 Å². The molecule has 16 heavy (non-hydrogen) atoms. The first kappa shape index (κ1) is 11.7. The fourth-order valence-corrected chi connectivity index (χ4v) is 2.54. The fourth-order valence-electron chi connectivity index (χ4n) is 2.54. The number of hydrogen-bond donors (Lipinski definition) is 2. The highest BCUT2D eigenvalue weighted by molar-refractivity contribution is 5.24. The average Bonchev–Trinajstić information content (AvgIpc) is 2.44. The van der Waals surface area contributed by atoms with E-state index in [1.165, 1.54) is 18.5 Å². The summed E-state index contributed by atoms with van der Waals surface area (Å²) < 4.78 is 0. The lowest BCUT2D eigenvalue weighted by Gasteiger charge is -2.36. The molecule has 1 aliphatic carbocycles. The van der Waals surface area contributed by atoms with Crippen molar-refractivity contribution in [1.29, 1.82) is 0 Å². The second kappa shape index (κ2) is 5.05. The lowest BCUT2D eigenvalue weighted by Crippen LogP contribution is -2.51. The molecule has 0 aromatic carbocycles. The van der Waals surface area contributed by atoms with Crippen molar-refractivity contribution < 1.29 is 0 Å². The third kappa shape index (κ3) is 2.67. The van der Waals surface area contributed by atoms with Crippen molar-refractivity contribution in [3.63, 3.8) is 0 Å². The zero-order chi connectivity index (χ0) is 11.5. The third-order valence-electron chi connectivity index (χ3n) is 3.63. The monoisotopic (exact) mass is 220 g/mol. The van der Waals surface area contributed by atoms with Gasteiger partial charge in [-0.15, -0.1) is 0 Å². The van der Waals surface area contributed by atoms with Gasteiger partial charge in [0.15, 0.2) is 0 Å². The van der Waals surface area contributed by atoms with Crippen LogP contribution in [0.3, 0.4) is 0 Å². The summed E-state index contributed by atoms with van der Waals surface area (Å²) in [6.07, 6.45) is 9.87. The number of hydrogen-bond acceptors (Lipinski definition) is 2. The van der Waals surface area contributed by atoms with Crippen molar-refractivity contribution in [1.82, 2.24) is 10.6 Å². The molecule has 0 fully saturated rings. The Morgan fingerprint density at radius 1 is 1.50 bits per heavy atom. The van der Waals surface area contributed by atoms with E-state index in [1.807, 2.05) is 0 Å². The van der Waals surface area contributed by atoms with Crippen LogP contribution in [0.2, 0.25) is 0 Å². The van der Waals surface area contributed by atoms with Crippen molar-refractivity contribution >= 4 is 0 Å². The number of nitrogens with one attached hydrogen (secondary N) is 2. The van der Waals surface area contributed by atoms with Gasteiger partial charge in [-0.05, 0) is 43.2 Å². The highest BCUT2D eigenvalue weighted by Crippen LogP contribution is 2.29. The van der Waals surface area contributed by atoms with E-state index in [1.54, 1.807) is 0 Å². The van der Waals surface area contributed by atoms with Crippen LogP contribution >= 0.6 is 0 Å². The Kier molecular flexibility index (Phi) is 3.70. The zero-order valence-corrected chi connectivity index (χ0v) is 10.7. The molecule has 2 nitrogen and oxygen atoms in total. The van der Waals surface area contributed by atoms with Crippen LogP contribution in [-0.4, -0.2) is 12.7 Å². The molecule has 1 heterocycles. The minimum Gasteiger partial charge on any atom is -0.370 e. The molecule has 1 aliphatic heterocycles. The normalized spacial score (nSPS) is 33.2. The minimum absolute atomic E-state index is 0.440. The third-order valence-corrected chi connectivity index (χ3v) is 3.63. The Bertz CT molecular complexity index is 291. The molecule has 0 radical (unpaired) electrons. The Labute approximate surface area is 99.2 Å². The molecule has 90 valence electrons. The van der Waals surface area contributed by atoms with Gasteiger partial charge in [-0.1, -0.05) is 32.9 Å². The molecule has 2 rings (SSSR count). The summed E-state index contributed by atoms with van der Waals surface area (Å²) in [5.74, 6) is 2.13. The molecular weight excluding hydrogens is 196 g/mol. The van der Waals surface area contributed by atoms with Crippen LogP contribution in [0.25, 0.3) is 0 Å². The maximum Gasteiger partial charge on any atom is 0.0799 e. The van der Waals surface area contributed by atoms with Crippen molar-refractivity contribution in [2.24, 2.45) is 17.8 Å². The van der Waals surface area contributed by atoms with Crippen LogP contribution in [0.4, 0.5) is 0 Å². The molecule has 0 aromatic heterocycles. The molecule has 2 heteroatoms. The molecule has 0 amide bonds. The fraction of sp³-hybridized carbons (Fsp3) is 0.714. The van der Waals surface area contributed by atoms with E-state index in [9.17, 15) is 0 Å². The Balaban J connectivity index is 2.00. The number of rotatable bonds is 3. The van der Waals surface area contributed by atoms with Gasteiger partial charge >= 0.3 is 0 Å². The van der Waals surface area contributed by atoms with Gasteiger partial charge in [-0.2, -0.15) is 0 Å². The van der Waals surface area contributed by atoms with Crippen LogP contribution < -0.4 is 10.6 Å². The van der Waals surface area contributed by atoms with E-state index < -0.39 is 0 Å². The quantitative estimate of drug-likeness (QED) is 0.764. The minimum atomic E-state index is 0.440. The summed E-state index contributed by atoms with van der Waals surface area (Å²) in [6.45, 7) is 7.96. The summed E-state index contributed by atoms with van der Waals surface area (Å²) in [6, 6.07) is 0. The SMILES string of the molecule is CC(C)CN[C@@H]1NC2=C[C@H](CCC=C2)[C@@H]1C. The molecule has 2 aliphatic rings. The average molecular weight is 220 g/mol. The second-order valence-electron chi connectivity index (χ2n) is 5.55. The van der Waals surface area contributed by atoms with Gasteiger partial charge in [0.05, 0.1) is 6.17 Å². The molecule has 0 aromatic rings. The van der Waals surface area contributed by atoms with Gasteiger partial charge in [0.25, 0.3) is 0 Å². The number of allylic oxidation sites excluding steroid dienone is 3. The van der Waals surface area contributed by atoms with E-state index in [0.29, 0.717) is 18.0 Å². The van der Waals surface area contributed by atoms with Gasteiger partial charge < -0.3 is 5.32 Å². The van der Waals surface area contributed by atoms with Crippen LogP contribution in [0.15, 0.2) is 23.9 Å². The van der Waals surface area contributed by atoms with Gasteiger partial charge in [0.2, 0.25) is 0 Å². The second-order valence-corrected chi connectivity index (χ2v) is 5.55. The molecular formula is C14H24N2. The lowest BCUT2D eigenvalue weighted by molar-refractivity contribution is 0.247. The van der Waals surface area contributed by atoms with Crippen molar-refractivity contribution in [2.45, 2.75) is 39.8 Å². The van der Waals surface area contributed by atoms with Gasteiger partial charge in [0, 0.05) is 5.70 Å². The standard InChI is InChI=1S/C14H24N2/c1-10(2)9-15-14-11(3)12-6-4-5-7-13(8-12)16-14/h5,7-8,10-12,14-16H,4,6,9H2,1-3H3/t11-,12-,14+/m0/s1. The Hall–Kier alpha value is -0.760.